The fraction of sp³-hybridized carbons (Fsp3) is 0.0625. The first-order valence-electron chi connectivity index (χ1n) is 7.15. The average Bonchev–Trinajstić information content (AvgIpc) is 3.14. The first-order chi connectivity index (χ1) is 12.8. The fourth-order valence-corrected chi connectivity index (χ4v) is 2.28. The van der Waals surface area contributed by atoms with E-state index < -0.39 is 17.5 Å². The molecule has 11 heteroatoms. The van der Waals surface area contributed by atoms with Crippen LogP contribution in [0.25, 0.3) is 11.5 Å². The number of hydrogen-bond acceptors (Lipinski definition) is 5. The summed E-state index contributed by atoms with van der Waals surface area (Å²) < 4.78 is 31.3. The van der Waals surface area contributed by atoms with Crippen LogP contribution in [0.2, 0.25) is 10.0 Å². The Bertz CT molecular complexity index is 953. The minimum atomic E-state index is -0.699. The predicted octanol–water partition coefficient (Wildman–Crippen LogP) is 4.35. The van der Waals surface area contributed by atoms with Crippen LogP contribution in [-0.4, -0.2) is 16.1 Å². The zero-order valence-corrected chi connectivity index (χ0v) is 15.6. The third-order valence-corrected chi connectivity index (χ3v) is 3.74. The summed E-state index contributed by atoms with van der Waals surface area (Å²) in [7, 11) is 0. The molecule has 0 bridgehead atoms. The topological polar surface area (TPSA) is 94.0 Å². The third-order valence-electron chi connectivity index (χ3n) is 3.04. The number of amides is 1. The van der Waals surface area contributed by atoms with Crippen molar-refractivity contribution in [3.8, 4) is 11.5 Å². The number of alkyl halides is 1. The Kier molecular flexibility index (Phi) is 7.49. The van der Waals surface area contributed by atoms with Gasteiger partial charge in [-0.15, -0.1) is 21.8 Å². The van der Waals surface area contributed by atoms with E-state index >= 15 is 0 Å². The van der Waals surface area contributed by atoms with Crippen LogP contribution in [0.3, 0.4) is 0 Å². The maximum absolute atomic E-state index is 13.3. The molecule has 2 aromatic carbocycles. The lowest BCUT2D eigenvalue weighted by molar-refractivity contribution is 0.0949. The minimum Gasteiger partial charge on any atom is -0.419 e. The van der Waals surface area contributed by atoms with Crippen molar-refractivity contribution in [2.45, 2.75) is 5.88 Å². The molecular weight excluding hydrogens is 425 g/mol. The SMILES string of the molecule is Fc1ccc(Cl)cc1-c1nnc(CCl)o1.NNC(=O)c1cc(Cl)ccc1F. The molecule has 0 saturated carbocycles. The van der Waals surface area contributed by atoms with Crippen LogP contribution in [0.5, 0.6) is 0 Å². The van der Waals surface area contributed by atoms with Crippen LogP contribution >= 0.6 is 34.8 Å². The van der Waals surface area contributed by atoms with Gasteiger partial charge in [0.25, 0.3) is 11.8 Å². The molecule has 1 aromatic heterocycles. The fourth-order valence-electron chi connectivity index (χ4n) is 1.83. The largest absolute Gasteiger partial charge is 0.419 e. The molecule has 0 saturated heterocycles. The monoisotopic (exact) mass is 434 g/mol. The van der Waals surface area contributed by atoms with E-state index in [1.807, 2.05) is 5.43 Å². The molecule has 0 atom stereocenters. The second kappa shape index (κ2) is 9.61. The first kappa shape index (κ1) is 21.0. The Labute approximate surface area is 167 Å². The van der Waals surface area contributed by atoms with E-state index in [1.165, 1.54) is 30.3 Å². The molecule has 0 aliphatic carbocycles. The van der Waals surface area contributed by atoms with E-state index in [1.54, 1.807) is 0 Å². The summed E-state index contributed by atoms with van der Waals surface area (Å²) in [6.07, 6.45) is 0. The highest BCUT2D eigenvalue weighted by Gasteiger charge is 2.13. The summed E-state index contributed by atoms with van der Waals surface area (Å²) in [5.74, 6) is 3.40. The molecule has 3 rings (SSSR count). The molecule has 0 spiro atoms. The molecule has 0 radical (unpaired) electrons. The molecular formula is C16H11Cl3F2N4O2. The smallest absolute Gasteiger partial charge is 0.268 e. The zero-order valence-electron chi connectivity index (χ0n) is 13.3. The molecule has 142 valence electrons. The van der Waals surface area contributed by atoms with E-state index in [-0.39, 0.29) is 33.8 Å². The van der Waals surface area contributed by atoms with Gasteiger partial charge in [-0.05, 0) is 36.4 Å². The molecule has 3 N–H and O–H groups in total. The van der Waals surface area contributed by atoms with Gasteiger partial charge < -0.3 is 4.42 Å². The zero-order chi connectivity index (χ0) is 20.0. The van der Waals surface area contributed by atoms with E-state index in [4.69, 9.17) is 45.1 Å². The number of nitrogen functional groups attached to an aromatic ring is 1. The van der Waals surface area contributed by atoms with Crippen LogP contribution in [0, 0.1) is 11.6 Å². The maximum Gasteiger partial charge on any atom is 0.268 e. The highest BCUT2D eigenvalue weighted by atomic mass is 35.5. The van der Waals surface area contributed by atoms with Crippen LogP contribution < -0.4 is 11.3 Å². The second-order valence-electron chi connectivity index (χ2n) is 4.86. The Morgan fingerprint density at radius 2 is 1.70 bits per heavy atom. The van der Waals surface area contributed by atoms with Gasteiger partial charge in [0.2, 0.25) is 5.89 Å². The Morgan fingerprint density at radius 1 is 1.07 bits per heavy atom. The molecule has 0 aliphatic heterocycles. The lowest BCUT2D eigenvalue weighted by Crippen LogP contribution is -2.30. The van der Waals surface area contributed by atoms with Crippen molar-refractivity contribution in [3.05, 3.63) is 69.5 Å². The van der Waals surface area contributed by atoms with Crippen LogP contribution in [0.15, 0.2) is 40.8 Å². The van der Waals surface area contributed by atoms with Crippen molar-refractivity contribution in [2.75, 3.05) is 0 Å². The van der Waals surface area contributed by atoms with Crippen molar-refractivity contribution < 1.29 is 18.0 Å². The van der Waals surface area contributed by atoms with Crippen molar-refractivity contribution in [1.82, 2.24) is 15.6 Å². The molecule has 0 aliphatic rings. The van der Waals surface area contributed by atoms with Crippen molar-refractivity contribution in [1.29, 1.82) is 0 Å². The summed E-state index contributed by atoms with van der Waals surface area (Å²) in [5, 5.41) is 7.97. The van der Waals surface area contributed by atoms with Gasteiger partial charge >= 0.3 is 0 Å². The second-order valence-corrected chi connectivity index (χ2v) is 6.00. The third kappa shape index (κ3) is 5.61. The van der Waals surface area contributed by atoms with Crippen LogP contribution in [0.1, 0.15) is 16.2 Å². The van der Waals surface area contributed by atoms with Gasteiger partial charge in [0.05, 0.1) is 11.1 Å². The number of nitrogens with one attached hydrogen (secondary N) is 1. The summed E-state index contributed by atoms with van der Waals surface area (Å²) >= 11 is 16.7. The average molecular weight is 436 g/mol. The molecule has 1 heterocycles. The van der Waals surface area contributed by atoms with Gasteiger partial charge in [-0.25, -0.2) is 14.6 Å². The molecule has 27 heavy (non-hydrogen) atoms. The minimum absolute atomic E-state index is 0.0747. The van der Waals surface area contributed by atoms with Crippen molar-refractivity contribution in [3.63, 3.8) is 0 Å². The maximum atomic E-state index is 13.3. The van der Waals surface area contributed by atoms with Gasteiger partial charge in [0.15, 0.2) is 0 Å². The van der Waals surface area contributed by atoms with E-state index in [9.17, 15) is 13.6 Å². The number of hydrazine groups is 1. The molecule has 6 nitrogen and oxygen atoms in total. The predicted molar refractivity (Wildman–Crippen MR) is 97.3 cm³/mol. The van der Waals surface area contributed by atoms with E-state index in [0.717, 1.165) is 6.07 Å². The first-order valence-corrected chi connectivity index (χ1v) is 8.44. The Balaban J connectivity index is 0.000000199. The molecule has 0 fully saturated rings. The summed E-state index contributed by atoms with van der Waals surface area (Å²) in [6.45, 7) is 0. The molecule has 0 unspecified atom stereocenters. The number of rotatable bonds is 3. The summed E-state index contributed by atoms with van der Waals surface area (Å²) in [5.41, 5.74) is 1.82. The van der Waals surface area contributed by atoms with Crippen molar-refractivity contribution >= 4 is 40.7 Å². The summed E-state index contributed by atoms with van der Waals surface area (Å²) in [6, 6.07) is 7.76. The van der Waals surface area contributed by atoms with Crippen LogP contribution in [-0.2, 0) is 5.88 Å². The van der Waals surface area contributed by atoms with Gasteiger partial charge in [-0.1, -0.05) is 23.2 Å². The molecule has 3 aromatic rings. The van der Waals surface area contributed by atoms with Gasteiger partial charge in [-0.2, -0.15) is 0 Å². The normalized spacial score (nSPS) is 10.1. The molecule has 1 amide bonds. The number of aromatic nitrogens is 2. The number of benzene rings is 2. The number of nitrogens with two attached hydrogens (primary N) is 1. The van der Waals surface area contributed by atoms with Gasteiger partial charge in [-0.3, -0.25) is 10.2 Å². The standard InChI is InChI=1S/C9H5Cl2FN2O.C7H6ClFN2O/c10-4-8-13-14-9(15-8)6-3-5(11)1-2-7(6)12;8-4-1-2-6(9)5(3-4)7(12)11-10/h1-3H,4H2;1-3H,10H2,(H,11,12). The number of carbonyl (C=O) groups excluding carboxylic acids is 1. The van der Waals surface area contributed by atoms with E-state index in [2.05, 4.69) is 10.2 Å². The lowest BCUT2D eigenvalue weighted by atomic mass is 10.2. The highest BCUT2D eigenvalue weighted by Crippen LogP contribution is 2.25. The number of halogens is 5. The van der Waals surface area contributed by atoms with Crippen molar-refractivity contribution in [2.24, 2.45) is 5.84 Å². The lowest BCUT2D eigenvalue weighted by Gasteiger charge is -2.00. The number of nitrogens with zero attached hydrogens (tertiary/aromatic N) is 2. The highest BCUT2D eigenvalue weighted by molar-refractivity contribution is 6.31. The Hall–Kier alpha value is -2.26. The van der Waals surface area contributed by atoms with Crippen LogP contribution in [0.4, 0.5) is 8.78 Å². The summed E-state index contributed by atoms with van der Waals surface area (Å²) in [4.78, 5) is 10.9. The van der Waals surface area contributed by atoms with E-state index in [0.29, 0.717) is 5.02 Å². The quantitative estimate of drug-likeness (QED) is 0.276. The Morgan fingerprint density at radius 3 is 2.30 bits per heavy atom. The van der Waals surface area contributed by atoms with Gasteiger partial charge in [0, 0.05) is 10.0 Å². The number of carbonyl (C=O) groups is 1. The van der Waals surface area contributed by atoms with Gasteiger partial charge in [0.1, 0.15) is 17.5 Å². The number of hydrogen-bond donors (Lipinski definition) is 2.